The van der Waals surface area contributed by atoms with Gasteiger partial charge in [-0.05, 0) is 14.1 Å². The van der Waals surface area contributed by atoms with Crippen LogP contribution in [0, 0.1) is 12.2 Å². The Morgan fingerprint density at radius 3 is 2.05 bits per heavy atom. The first kappa shape index (κ1) is 27.7. The quantitative estimate of drug-likeness (QED) is 0.697. The second-order valence-corrected chi connectivity index (χ2v) is 3.56. The van der Waals surface area contributed by atoms with E-state index in [1.54, 1.807) is 0 Å². The van der Waals surface area contributed by atoms with Gasteiger partial charge < -0.3 is 5.32 Å². The Morgan fingerprint density at radius 1 is 1.16 bits per heavy atom. The minimum atomic E-state index is 0. The van der Waals surface area contributed by atoms with Gasteiger partial charge in [-0.15, -0.1) is 37.7 Å². The summed E-state index contributed by atoms with van der Waals surface area (Å²) in [4.78, 5) is 0. The maximum absolute atomic E-state index is 3.26. The summed E-state index contributed by atoms with van der Waals surface area (Å²) >= 11 is 0. The van der Waals surface area contributed by atoms with Crippen molar-refractivity contribution in [1.82, 2.24) is 5.32 Å². The Hall–Kier alpha value is 0.383. The average Bonchev–Trinajstić information content (AvgIpc) is 2.95. The number of rotatable bonds is 2. The molecule has 0 atom stereocenters. The summed E-state index contributed by atoms with van der Waals surface area (Å²) in [5.74, 6) is 0. The van der Waals surface area contributed by atoms with Crippen molar-refractivity contribution in [3.8, 4) is 0 Å². The number of nitrogens with one attached hydrogen (secondary N) is 1. The normalized spacial score (nSPS) is 12.7. The molecule has 0 unspecified atom stereocenters. The summed E-state index contributed by atoms with van der Waals surface area (Å²) in [6.45, 7) is 2.20. The first-order valence-corrected chi connectivity index (χ1v) is 5.91. The van der Waals surface area contributed by atoms with Crippen LogP contribution in [-0.4, -0.2) is 14.1 Å². The molecule has 4 heteroatoms. The fraction of sp³-hybridized carbons (Fsp3) is 0.467. The monoisotopic (exact) mass is 379 g/mol. The van der Waals surface area contributed by atoms with Crippen molar-refractivity contribution in [1.29, 1.82) is 0 Å². The molecule has 0 radical (unpaired) electrons. The van der Waals surface area contributed by atoms with Crippen LogP contribution in [0.2, 0.25) is 0 Å². The first-order valence-electron chi connectivity index (χ1n) is 5.91. The molecule has 108 valence electrons. The van der Waals surface area contributed by atoms with E-state index in [2.05, 4.69) is 42.6 Å². The number of hydrogen-bond donors (Lipinski definition) is 1. The summed E-state index contributed by atoms with van der Waals surface area (Å²) in [7, 11) is 3.75. The smallest absolute Gasteiger partial charge is 0.323 e. The van der Waals surface area contributed by atoms with Crippen molar-refractivity contribution < 1.29 is 26.2 Å². The van der Waals surface area contributed by atoms with Crippen molar-refractivity contribution >= 4 is 24.8 Å². The van der Waals surface area contributed by atoms with Crippen LogP contribution in [0.1, 0.15) is 32.6 Å². The van der Waals surface area contributed by atoms with Gasteiger partial charge >= 0.3 is 26.2 Å². The van der Waals surface area contributed by atoms with Crippen molar-refractivity contribution in [2.24, 2.45) is 0 Å². The molecule has 19 heavy (non-hydrogen) atoms. The zero-order valence-corrected chi connectivity index (χ0v) is 16.1. The standard InChI is InChI=1S/C8H11.C5H5.C2H7N.2ClH.Zr/c1-2-5-8-6-3-4-7-8;1-2-4-5-3-1;1-3-2;;;/h3,6H,2,4-5H2,1H3;1-3H,4H2;3H,1-2H3;2*1H;/q2*-1;;;;+2. The molecule has 0 aromatic heterocycles. The van der Waals surface area contributed by atoms with Gasteiger partial charge in [0.05, 0.1) is 0 Å². The molecule has 2 aliphatic rings. The molecule has 0 aromatic carbocycles. The molecule has 0 fully saturated rings. The molecule has 0 saturated carbocycles. The van der Waals surface area contributed by atoms with Gasteiger partial charge in [0.2, 0.25) is 0 Å². The Morgan fingerprint density at radius 2 is 1.79 bits per heavy atom. The fourth-order valence-corrected chi connectivity index (χ4v) is 1.23. The van der Waals surface area contributed by atoms with Crippen molar-refractivity contribution in [2.75, 3.05) is 14.1 Å². The maximum atomic E-state index is 3.26. The summed E-state index contributed by atoms with van der Waals surface area (Å²) in [5, 5.41) is 2.75. The number of allylic oxidation sites excluding steroid dienone is 8. The molecular weight excluding hydrogens is 356 g/mol. The maximum Gasteiger partial charge on any atom is 2.00 e. The molecule has 1 nitrogen and oxygen atoms in total. The molecule has 1 N–H and O–H groups in total. The first-order chi connectivity index (χ1) is 7.85. The van der Waals surface area contributed by atoms with Crippen LogP contribution in [0.5, 0.6) is 0 Å². The van der Waals surface area contributed by atoms with E-state index in [4.69, 9.17) is 0 Å². The Kier molecular flexibility index (Phi) is 34.2. The zero-order valence-electron chi connectivity index (χ0n) is 12.0. The number of hydrogen-bond acceptors (Lipinski definition) is 1. The summed E-state index contributed by atoms with van der Waals surface area (Å²) in [6.07, 6.45) is 21.1. The molecule has 0 spiro atoms. The fourth-order valence-electron chi connectivity index (χ4n) is 1.23. The molecule has 0 saturated heterocycles. The summed E-state index contributed by atoms with van der Waals surface area (Å²) in [6, 6.07) is 0. The molecule has 2 rings (SSSR count). The van der Waals surface area contributed by atoms with Gasteiger partial charge in [0.15, 0.2) is 0 Å². The van der Waals surface area contributed by atoms with E-state index in [1.165, 1.54) is 18.4 Å². The van der Waals surface area contributed by atoms with Crippen LogP contribution in [0.25, 0.3) is 0 Å². The number of halogens is 2. The minimum Gasteiger partial charge on any atom is -0.323 e. The molecule has 0 amide bonds. The van der Waals surface area contributed by atoms with Crippen molar-refractivity contribution in [3.05, 3.63) is 48.1 Å². The van der Waals surface area contributed by atoms with Crippen molar-refractivity contribution in [2.45, 2.75) is 32.6 Å². The second kappa shape index (κ2) is 23.5. The topological polar surface area (TPSA) is 12.0 Å². The minimum absolute atomic E-state index is 0. The molecule has 2 aliphatic carbocycles. The Balaban J connectivity index is -0.0000000907. The van der Waals surface area contributed by atoms with E-state index in [0.29, 0.717) is 0 Å². The second-order valence-electron chi connectivity index (χ2n) is 3.56. The van der Waals surface area contributed by atoms with Gasteiger partial charge in [-0.1, -0.05) is 19.8 Å². The van der Waals surface area contributed by atoms with Crippen LogP contribution in [0.3, 0.4) is 0 Å². The third-order valence-electron chi connectivity index (χ3n) is 1.87. The van der Waals surface area contributed by atoms with E-state index >= 15 is 0 Å². The van der Waals surface area contributed by atoms with Crippen molar-refractivity contribution in [3.63, 3.8) is 0 Å². The molecule has 0 heterocycles. The Labute approximate surface area is 150 Å². The molecular formula is C15H25Cl2NZr. The molecule has 0 bridgehead atoms. The zero-order chi connectivity index (χ0) is 12.1. The van der Waals surface area contributed by atoms with E-state index in [1.807, 2.05) is 26.2 Å². The molecule has 0 aliphatic heterocycles. The Bertz CT molecular complexity index is 261. The van der Waals surface area contributed by atoms with E-state index in [0.717, 1.165) is 12.8 Å². The third-order valence-corrected chi connectivity index (χ3v) is 1.87. The van der Waals surface area contributed by atoms with Crippen LogP contribution < -0.4 is 5.32 Å². The van der Waals surface area contributed by atoms with Gasteiger partial charge in [-0.25, -0.2) is 23.8 Å². The molecule has 0 aromatic rings. The van der Waals surface area contributed by atoms with E-state index in [9.17, 15) is 0 Å². The van der Waals surface area contributed by atoms with Crippen LogP contribution in [0.4, 0.5) is 0 Å². The predicted molar refractivity (Wildman–Crippen MR) is 86.5 cm³/mol. The van der Waals surface area contributed by atoms with Crippen LogP contribution in [-0.2, 0) is 26.2 Å². The predicted octanol–water partition coefficient (Wildman–Crippen LogP) is 4.46. The van der Waals surface area contributed by atoms with Gasteiger partial charge in [0, 0.05) is 0 Å². The largest absolute Gasteiger partial charge is 2.00 e. The van der Waals surface area contributed by atoms with E-state index < -0.39 is 0 Å². The van der Waals surface area contributed by atoms with Gasteiger partial charge in [0.1, 0.15) is 0 Å². The third kappa shape index (κ3) is 20.9. The van der Waals surface area contributed by atoms with Gasteiger partial charge in [0.25, 0.3) is 0 Å². The van der Waals surface area contributed by atoms with Gasteiger partial charge in [-0.3, -0.25) is 12.2 Å². The van der Waals surface area contributed by atoms with Crippen LogP contribution in [0.15, 0.2) is 36.0 Å². The van der Waals surface area contributed by atoms with E-state index in [-0.39, 0.29) is 51.0 Å². The summed E-state index contributed by atoms with van der Waals surface area (Å²) in [5.41, 5.74) is 1.40. The average molecular weight is 382 g/mol. The van der Waals surface area contributed by atoms with Crippen LogP contribution >= 0.6 is 24.8 Å². The summed E-state index contributed by atoms with van der Waals surface area (Å²) < 4.78 is 0. The SMILES string of the molecule is CCCC1=[C-]CC=C1.CNC.Cl.Cl.[C-]1=CC=CC1.[Zr+2]. The van der Waals surface area contributed by atoms with Gasteiger partial charge in [-0.2, -0.15) is 12.2 Å².